The molecule has 0 bridgehead atoms. The highest BCUT2D eigenvalue weighted by atomic mass is 79.9. The van der Waals surface area contributed by atoms with E-state index in [1.807, 2.05) is 0 Å². The number of rotatable bonds is 11. The maximum Gasteiger partial charge on any atom is 0.346 e. The number of carbonyl (C=O) groups excluding carboxylic acids is 3. The van der Waals surface area contributed by atoms with Crippen LogP contribution >= 0.6 is 28.6 Å². The van der Waals surface area contributed by atoms with Crippen LogP contribution in [-0.4, -0.2) is 69.6 Å². The second kappa shape index (κ2) is 12.8. The molecule has 1 aromatic rings. The summed E-state index contributed by atoms with van der Waals surface area (Å²) >= 11 is 7.11. The Bertz CT molecular complexity index is 823. The number of halogens is 1. The van der Waals surface area contributed by atoms with Crippen LogP contribution in [0, 0.1) is 0 Å². The maximum absolute atomic E-state index is 12.1. The van der Waals surface area contributed by atoms with E-state index in [-0.39, 0.29) is 29.3 Å². The third-order valence-electron chi connectivity index (χ3n) is 3.77. The van der Waals surface area contributed by atoms with Crippen LogP contribution in [0.3, 0.4) is 0 Å². The molecule has 14 heteroatoms. The van der Waals surface area contributed by atoms with Crippen LogP contribution in [0.25, 0.3) is 0 Å². The van der Waals surface area contributed by atoms with Crippen molar-refractivity contribution < 1.29 is 39.4 Å². The van der Waals surface area contributed by atoms with E-state index in [4.69, 9.17) is 5.11 Å². The van der Waals surface area contributed by atoms with Crippen molar-refractivity contribution in [1.82, 2.24) is 16.0 Å². The third-order valence-corrected chi connectivity index (χ3v) is 4.66. The van der Waals surface area contributed by atoms with E-state index in [0.717, 1.165) is 0 Å². The van der Waals surface area contributed by atoms with Gasteiger partial charge in [0.25, 0.3) is 0 Å². The summed E-state index contributed by atoms with van der Waals surface area (Å²) in [5.74, 6) is -4.30. The zero-order valence-corrected chi connectivity index (χ0v) is 18.4. The average molecular weight is 521 g/mol. The Kier molecular flexibility index (Phi) is 10.8. The number of carboxylic acids is 2. The molecule has 6 N–H and O–H groups in total. The number of nitrogens with one attached hydrogen (secondary N) is 3. The number of benzene rings is 1. The minimum atomic E-state index is -1.50. The lowest BCUT2D eigenvalue weighted by molar-refractivity contribution is -0.139. The van der Waals surface area contributed by atoms with Crippen molar-refractivity contribution in [2.24, 2.45) is 0 Å². The van der Waals surface area contributed by atoms with Crippen LogP contribution in [-0.2, 0) is 19.2 Å². The lowest BCUT2D eigenvalue weighted by Crippen LogP contribution is -2.50. The average Bonchev–Trinajstić information content (AvgIpc) is 2.72. The highest BCUT2D eigenvalue weighted by Crippen LogP contribution is 2.17. The van der Waals surface area contributed by atoms with E-state index in [2.05, 4.69) is 44.5 Å². The molecule has 0 spiro atoms. The van der Waals surface area contributed by atoms with Crippen LogP contribution in [0.5, 0.6) is 0 Å². The smallest absolute Gasteiger partial charge is 0.346 e. The quantitative estimate of drug-likeness (QED) is 0.122. The SMILES string of the molecule is O=C(O)CNC(=O)[C@H](CS)NC(=O)CC[C@H](NC(=O)N(O)c1ccc(Br)cc1)C(=O)O. The number of urea groups is 1. The zero-order chi connectivity index (χ0) is 23.6. The number of amides is 4. The number of carboxylic acid groups (broad SMARTS) is 2. The first-order valence-corrected chi connectivity index (χ1v) is 10.1. The lowest BCUT2D eigenvalue weighted by atomic mass is 10.1. The highest BCUT2D eigenvalue weighted by Gasteiger charge is 2.25. The summed E-state index contributed by atoms with van der Waals surface area (Å²) in [5, 5.41) is 34.5. The Balaban J connectivity index is 2.62. The summed E-state index contributed by atoms with van der Waals surface area (Å²) in [6.45, 7) is -0.637. The molecule has 0 aliphatic heterocycles. The van der Waals surface area contributed by atoms with Gasteiger partial charge in [-0.15, -0.1) is 0 Å². The monoisotopic (exact) mass is 520 g/mol. The van der Waals surface area contributed by atoms with Crippen LogP contribution in [0.15, 0.2) is 28.7 Å². The molecule has 0 heterocycles. The fraction of sp³-hybridized carbons (Fsp3) is 0.353. The maximum atomic E-state index is 12.1. The molecule has 0 unspecified atom stereocenters. The fourth-order valence-electron chi connectivity index (χ4n) is 2.19. The van der Waals surface area contributed by atoms with Crippen molar-refractivity contribution in [3.8, 4) is 0 Å². The molecule has 0 aromatic heterocycles. The van der Waals surface area contributed by atoms with E-state index in [9.17, 15) is 34.3 Å². The summed E-state index contributed by atoms with van der Waals surface area (Å²) in [6.07, 6.45) is -0.714. The molecule has 12 nitrogen and oxygen atoms in total. The van der Waals surface area contributed by atoms with Crippen molar-refractivity contribution >= 4 is 64.0 Å². The van der Waals surface area contributed by atoms with Gasteiger partial charge in [0, 0.05) is 16.6 Å². The molecule has 0 saturated heterocycles. The number of thiol groups is 1. The molecular weight excluding hydrogens is 500 g/mol. The minimum absolute atomic E-state index is 0.0894. The van der Waals surface area contributed by atoms with Gasteiger partial charge in [-0.3, -0.25) is 19.6 Å². The second-order valence-corrected chi connectivity index (χ2v) is 7.36. The molecule has 0 radical (unpaired) electrons. The first-order chi connectivity index (χ1) is 14.5. The van der Waals surface area contributed by atoms with Gasteiger partial charge in [-0.2, -0.15) is 17.7 Å². The number of hydrogen-bond donors (Lipinski definition) is 7. The highest BCUT2D eigenvalue weighted by molar-refractivity contribution is 9.10. The largest absolute Gasteiger partial charge is 0.480 e. The summed E-state index contributed by atoms with van der Waals surface area (Å²) in [6, 6.07) is 2.22. The Morgan fingerprint density at radius 3 is 2.16 bits per heavy atom. The van der Waals surface area contributed by atoms with Gasteiger partial charge in [-0.1, -0.05) is 15.9 Å². The number of anilines is 1. The molecule has 0 fully saturated rings. The predicted molar refractivity (Wildman–Crippen MR) is 114 cm³/mol. The molecule has 0 saturated carbocycles. The van der Waals surface area contributed by atoms with Gasteiger partial charge in [-0.05, 0) is 30.7 Å². The number of hydrogen-bond acceptors (Lipinski definition) is 7. The number of hydroxylamine groups is 1. The van der Waals surface area contributed by atoms with Crippen LogP contribution < -0.4 is 21.0 Å². The predicted octanol–water partition coefficient (Wildman–Crippen LogP) is 0.203. The molecule has 1 rings (SSSR count). The van der Waals surface area contributed by atoms with Crippen molar-refractivity contribution in [2.45, 2.75) is 24.9 Å². The molecule has 170 valence electrons. The molecule has 4 amide bonds. The summed E-state index contributed by atoms with van der Waals surface area (Å²) in [4.78, 5) is 57.8. The van der Waals surface area contributed by atoms with Gasteiger partial charge in [0.1, 0.15) is 18.6 Å². The van der Waals surface area contributed by atoms with Crippen LogP contribution in [0.4, 0.5) is 10.5 Å². The first kappa shape index (κ1) is 26.2. The molecule has 31 heavy (non-hydrogen) atoms. The normalized spacial score (nSPS) is 12.2. The Labute approximate surface area is 190 Å². The van der Waals surface area contributed by atoms with Crippen LogP contribution in [0.1, 0.15) is 12.8 Å². The van der Waals surface area contributed by atoms with Gasteiger partial charge in [0.15, 0.2) is 0 Å². The van der Waals surface area contributed by atoms with E-state index in [1.54, 1.807) is 12.1 Å². The van der Waals surface area contributed by atoms with Gasteiger partial charge in [-0.25, -0.2) is 9.59 Å². The zero-order valence-electron chi connectivity index (χ0n) is 15.9. The first-order valence-electron chi connectivity index (χ1n) is 8.72. The van der Waals surface area contributed by atoms with Gasteiger partial charge >= 0.3 is 18.0 Å². The number of aliphatic carboxylic acids is 2. The summed E-state index contributed by atoms with van der Waals surface area (Å²) in [7, 11) is 0. The molecule has 1 aromatic carbocycles. The van der Waals surface area contributed by atoms with E-state index < -0.39 is 48.4 Å². The van der Waals surface area contributed by atoms with E-state index >= 15 is 0 Å². The summed E-state index contributed by atoms with van der Waals surface area (Å²) in [5.41, 5.74) is 0.0894. The Hall–Kier alpha value is -2.84. The van der Waals surface area contributed by atoms with Crippen LogP contribution in [0.2, 0.25) is 0 Å². The Morgan fingerprint density at radius 2 is 1.65 bits per heavy atom. The van der Waals surface area contributed by atoms with E-state index in [0.29, 0.717) is 4.47 Å². The number of carbonyl (C=O) groups is 5. The third kappa shape index (κ3) is 9.23. The Morgan fingerprint density at radius 1 is 1.03 bits per heavy atom. The molecule has 2 atom stereocenters. The summed E-state index contributed by atoms with van der Waals surface area (Å²) < 4.78 is 0.704. The van der Waals surface area contributed by atoms with E-state index in [1.165, 1.54) is 12.1 Å². The molecule has 0 aliphatic carbocycles. The minimum Gasteiger partial charge on any atom is -0.480 e. The standard InChI is InChI=1S/C17H21BrN4O8S/c18-9-1-3-10(4-2-9)22(30)17(29)21-11(16(27)28)5-6-13(23)20-12(8-31)15(26)19-7-14(24)25/h1-4,11-12,30-31H,5-8H2,(H,19,26)(H,20,23)(H,21,29)(H,24,25)(H,27,28)/t11-,12-/m0/s1. The van der Waals surface area contributed by atoms with Crippen molar-refractivity contribution in [3.63, 3.8) is 0 Å². The second-order valence-electron chi connectivity index (χ2n) is 6.08. The van der Waals surface area contributed by atoms with Crippen molar-refractivity contribution in [1.29, 1.82) is 0 Å². The molecular formula is C17H21BrN4O8S. The van der Waals surface area contributed by atoms with Crippen molar-refractivity contribution in [2.75, 3.05) is 17.4 Å². The van der Waals surface area contributed by atoms with Gasteiger partial charge in [0.05, 0.1) is 5.69 Å². The van der Waals surface area contributed by atoms with Gasteiger partial charge < -0.3 is 26.2 Å². The number of nitrogens with zero attached hydrogens (tertiary/aromatic N) is 1. The van der Waals surface area contributed by atoms with Gasteiger partial charge in [0.2, 0.25) is 11.8 Å². The topological polar surface area (TPSA) is 185 Å². The van der Waals surface area contributed by atoms with Crippen molar-refractivity contribution in [3.05, 3.63) is 28.7 Å². The fourth-order valence-corrected chi connectivity index (χ4v) is 2.71. The molecule has 0 aliphatic rings. The lowest BCUT2D eigenvalue weighted by Gasteiger charge is -2.20.